The summed E-state index contributed by atoms with van der Waals surface area (Å²) in [7, 11) is 0. The highest BCUT2D eigenvalue weighted by Crippen LogP contribution is 2.25. The zero-order chi connectivity index (χ0) is 21.6. The maximum Gasteiger partial charge on any atom is 0.241 e. The highest BCUT2D eigenvalue weighted by molar-refractivity contribution is 5.93. The van der Waals surface area contributed by atoms with E-state index in [1.807, 2.05) is 54.3 Å². The topological polar surface area (TPSA) is 95.6 Å². The first-order valence-corrected chi connectivity index (χ1v) is 10.9. The van der Waals surface area contributed by atoms with Crippen LogP contribution in [0.15, 0.2) is 48.7 Å². The Labute approximate surface area is 182 Å². The van der Waals surface area contributed by atoms with E-state index in [1.165, 1.54) is 0 Å². The van der Waals surface area contributed by atoms with Gasteiger partial charge >= 0.3 is 0 Å². The second-order valence-electron chi connectivity index (χ2n) is 7.93. The average Bonchev–Trinajstić information content (AvgIpc) is 3.31. The average molecular weight is 424 g/mol. The van der Waals surface area contributed by atoms with Crippen LogP contribution in [0.4, 0.5) is 5.69 Å². The molecule has 0 aliphatic carbocycles. The van der Waals surface area contributed by atoms with Crippen molar-refractivity contribution in [1.82, 2.24) is 20.7 Å². The highest BCUT2D eigenvalue weighted by Gasteiger charge is 2.35. The summed E-state index contributed by atoms with van der Waals surface area (Å²) in [6, 6.07) is 12.9. The summed E-state index contributed by atoms with van der Waals surface area (Å²) in [5.74, 6) is 0.780. The van der Waals surface area contributed by atoms with Crippen molar-refractivity contribution in [2.75, 3.05) is 25.0 Å². The number of nitrogens with zero attached hydrogens (tertiary/aromatic N) is 2. The van der Waals surface area contributed by atoms with Gasteiger partial charge in [0.25, 0.3) is 0 Å². The van der Waals surface area contributed by atoms with Crippen LogP contribution in [-0.2, 0) is 9.59 Å². The molecule has 0 radical (unpaired) electrons. The van der Waals surface area contributed by atoms with Gasteiger partial charge in [-0.25, -0.2) is 10.9 Å². The van der Waals surface area contributed by atoms with Crippen molar-refractivity contribution < 1.29 is 14.3 Å². The normalized spacial score (nSPS) is 21.6. The molecule has 3 N–H and O–H groups in total. The predicted octanol–water partition coefficient (Wildman–Crippen LogP) is 2.27. The van der Waals surface area contributed by atoms with E-state index in [4.69, 9.17) is 4.74 Å². The SMILES string of the molecule is CCOc1ccc(NC(=O)C2CCN(C(=O)C3CC(c4ccccn4)NN3)CC2)cc1. The number of nitrogens with one attached hydrogen (secondary N) is 3. The number of hydrazine groups is 1. The number of likely N-dealkylation sites (tertiary alicyclic amines) is 1. The molecule has 1 aromatic carbocycles. The molecule has 2 unspecified atom stereocenters. The number of rotatable bonds is 6. The van der Waals surface area contributed by atoms with Crippen LogP contribution in [0.5, 0.6) is 5.75 Å². The van der Waals surface area contributed by atoms with E-state index in [9.17, 15) is 9.59 Å². The minimum Gasteiger partial charge on any atom is -0.494 e. The lowest BCUT2D eigenvalue weighted by atomic mass is 9.95. The molecule has 2 aromatic rings. The number of carbonyl (C=O) groups is 2. The molecule has 8 nitrogen and oxygen atoms in total. The molecular weight excluding hydrogens is 394 g/mol. The van der Waals surface area contributed by atoms with Gasteiger partial charge in [-0.3, -0.25) is 14.6 Å². The number of hydrogen-bond acceptors (Lipinski definition) is 6. The van der Waals surface area contributed by atoms with Crippen molar-refractivity contribution in [3.63, 3.8) is 0 Å². The van der Waals surface area contributed by atoms with E-state index in [0.717, 1.165) is 17.1 Å². The Morgan fingerprint density at radius 2 is 1.90 bits per heavy atom. The molecule has 164 valence electrons. The number of carbonyl (C=O) groups excluding carboxylic acids is 2. The minimum absolute atomic E-state index is 0.00660. The van der Waals surface area contributed by atoms with E-state index in [1.54, 1.807) is 6.20 Å². The maximum absolute atomic E-state index is 12.9. The van der Waals surface area contributed by atoms with Crippen LogP contribution < -0.4 is 20.9 Å². The highest BCUT2D eigenvalue weighted by atomic mass is 16.5. The van der Waals surface area contributed by atoms with Gasteiger partial charge in [-0.1, -0.05) is 6.07 Å². The zero-order valence-corrected chi connectivity index (χ0v) is 17.7. The fraction of sp³-hybridized carbons (Fsp3) is 0.435. The summed E-state index contributed by atoms with van der Waals surface area (Å²) in [6.45, 7) is 3.73. The summed E-state index contributed by atoms with van der Waals surface area (Å²) in [5.41, 5.74) is 7.97. The van der Waals surface area contributed by atoms with Crippen LogP contribution in [0, 0.1) is 5.92 Å². The second kappa shape index (κ2) is 9.89. The predicted molar refractivity (Wildman–Crippen MR) is 117 cm³/mol. The van der Waals surface area contributed by atoms with Crippen LogP contribution in [0.1, 0.15) is 37.9 Å². The fourth-order valence-electron chi connectivity index (χ4n) is 4.12. The molecule has 2 atom stereocenters. The number of anilines is 1. The van der Waals surface area contributed by atoms with Crippen LogP contribution in [0.3, 0.4) is 0 Å². The number of hydrogen-bond donors (Lipinski definition) is 3. The fourth-order valence-corrected chi connectivity index (χ4v) is 4.12. The van der Waals surface area contributed by atoms with Gasteiger partial charge in [-0.15, -0.1) is 0 Å². The van der Waals surface area contributed by atoms with Crippen LogP contribution in [-0.4, -0.2) is 47.4 Å². The second-order valence-corrected chi connectivity index (χ2v) is 7.93. The molecule has 2 aliphatic rings. The first kappa shape index (κ1) is 21.3. The van der Waals surface area contributed by atoms with Crippen molar-refractivity contribution >= 4 is 17.5 Å². The quantitative estimate of drug-likeness (QED) is 0.660. The van der Waals surface area contributed by atoms with Crippen LogP contribution >= 0.6 is 0 Å². The van der Waals surface area contributed by atoms with Crippen molar-refractivity contribution in [2.24, 2.45) is 5.92 Å². The molecule has 0 spiro atoms. The molecule has 31 heavy (non-hydrogen) atoms. The Morgan fingerprint density at radius 3 is 2.58 bits per heavy atom. The Kier molecular flexibility index (Phi) is 6.79. The lowest BCUT2D eigenvalue weighted by Gasteiger charge is -2.32. The molecule has 8 heteroatoms. The van der Waals surface area contributed by atoms with E-state index in [0.29, 0.717) is 39.0 Å². The first-order chi connectivity index (χ1) is 15.1. The molecule has 0 bridgehead atoms. The van der Waals surface area contributed by atoms with Crippen LogP contribution in [0.25, 0.3) is 0 Å². The number of pyridine rings is 1. The lowest BCUT2D eigenvalue weighted by Crippen LogP contribution is -2.49. The minimum atomic E-state index is -0.277. The van der Waals surface area contributed by atoms with E-state index in [2.05, 4.69) is 21.2 Å². The number of piperidine rings is 1. The summed E-state index contributed by atoms with van der Waals surface area (Å²) in [5, 5.41) is 2.98. The zero-order valence-electron chi connectivity index (χ0n) is 17.7. The van der Waals surface area contributed by atoms with Gasteiger partial charge in [0.05, 0.1) is 18.3 Å². The van der Waals surface area contributed by atoms with Gasteiger partial charge in [-0.05, 0) is 62.6 Å². The molecule has 0 saturated carbocycles. The monoisotopic (exact) mass is 423 g/mol. The summed E-state index contributed by atoms with van der Waals surface area (Å²) in [4.78, 5) is 31.8. The molecular formula is C23H29N5O3. The molecule has 2 amide bonds. The third-order valence-corrected chi connectivity index (χ3v) is 5.86. The molecule has 3 heterocycles. The van der Waals surface area contributed by atoms with Gasteiger partial charge in [0.1, 0.15) is 11.8 Å². The van der Waals surface area contributed by atoms with Crippen molar-refractivity contribution in [2.45, 2.75) is 38.3 Å². The number of aromatic nitrogens is 1. The number of amides is 2. The summed E-state index contributed by atoms with van der Waals surface area (Å²) >= 11 is 0. The Balaban J connectivity index is 1.24. The van der Waals surface area contributed by atoms with E-state index < -0.39 is 0 Å². The van der Waals surface area contributed by atoms with Crippen molar-refractivity contribution in [3.05, 3.63) is 54.4 Å². The third-order valence-electron chi connectivity index (χ3n) is 5.86. The molecule has 2 aliphatic heterocycles. The third kappa shape index (κ3) is 5.21. The van der Waals surface area contributed by atoms with Gasteiger partial charge in [0.15, 0.2) is 0 Å². The standard InChI is InChI=1S/C23H29N5O3/c1-2-31-18-8-6-17(7-9-18)25-22(29)16-10-13-28(14-11-16)23(30)21-15-20(26-27-21)19-5-3-4-12-24-19/h3-9,12,16,20-21,26-27H,2,10-11,13-15H2,1H3,(H,25,29). The lowest BCUT2D eigenvalue weighted by molar-refractivity contribution is -0.136. The first-order valence-electron chi connectivity index (χ1n) is 10.9. The molecule has 4 rings (SSSR count). The van der Waals surface area contributed by atoms with Crippen molar-refractivity contribution in [1.29, 1.82) is 0 Å². The molecule has 1 aromatic heterocycles. The Bertz CT molecular complexity index is 882. The van der Waals surface area contributed by atoms with Gasteiger partial charge in [0.2, 0.25) is 11.8 Å². The van der Waals surface area contributed by atoms with E-state index in [-0.39, 0.29) is 29.8 Å². The van der Waals surface area contributed by atoms with E-state index >= 15 is 0 Å². The molecule has 2 saturated heterocycles. The maximum atomic E-state index is 12.9. The summed E-state index contributed by atoms with van der Waals surface area (Å²) in [6.07, 6.45) is 3.75. The van der Waals surface area contributed by atoms with Gasteiger partial charge in [-0.2, -0.15) is 0 Å². The summed E-state index contributed by atoms with van der Waals surface area (Å²) < 4.78 is 5.43. The number of benzene rings is 1. The van der Waals surface area contributed by atoms with Crippen LogP contribution in [0.2, 0.25) is 0 Å². The van der Waals surface area contributed by atoms with Gasteiger partial charge < -0.3 is 15.0 Å². The number of ether oxygens (including phenoxy) is 1. The largest absolute Gasteiger partial charge is 0.494 e. The van der Waals surface area contributed by atoms with Crippen molar-refractivity contribution in [3.8, 4) is 5.75 Å². The smallest absolute Gasteiger partial charge is 0.241 e. The van der Waals surface area contributed by atoms with Gasteiger partial charge in [0, 0.05) is 30.9 Å². The Hall–Kier alpha value is -2.97. The molecule has 2 fully saturated rings. The Morgan fingerprint density at radius 1 is 1.13 bits per heavy atom.